The van der Waals surface area contributed by atoms with E-state index in [1.54, 1.807) is 12.3 Å². The molecule has 0 bridgehead atoms. The number of anilines is 2. The van der Waals surface area contributed by atoms with Crippen molar-refractivity contribution in [2.24, 2.45) is 5.84 Å². The first-order valence-electron chi connectivity index (χ1n) is 5.92. The van der Waals surface area contributed by atoms with E-state index >= 15 is 0 Å². The molecule has 0 saturated heterocycles. The molecule has 18 heavy (non-hydrogen) atoms. The Labute approximate surface area is 106 Å². The van der Waals surface area contributed by atoms with E-state index < -0.39 is 0 Å². The quantitative estimate of drug-likeness (QED) is 0.534. The lowest BCUT2D eigenvalue weighted by molar-refractivity contribution is 0.517. The van der Waals surface area contributed by atoms with Crippen molar-refractivity contribution in [2.75, 3.05) is 10.7 Å². The number of hydrogen-bond donors (Lipinski definition) is 3. The van der Waals surface area contributed by atoms with Gasteiger partial charge in [-0.25, -0.2) is 15.8 Å². The summed E-state index contributed by atoms with van der Waals surface area (Å²) in [5.74, 6) is 8.36. The van der Waals surface area contributed by atoms with Crippen LogP contribution in [0.1, 0.15) is 24.9 Å². The number of nitrogens with zero attached hydrogens (tertiary/aromatic N) is 2. The molecule has 0 atom stereocenters. The molecule has 0 aliphatic carbocycles. The number of aromatic nitrogens is 2. The van der Waals surface area contributed by atoms with Crippen molar-refractivity contribution in [3.05, 3.63) is 36.0 Å². The van der Waals surface area contributed by atoms with Crippen molar-refractivity contribution in [1.82, 2.24) is 9.97 Å². The van der Waals surface area contributed by atoms with Crippen molar-refractivity contribution >= 4 is 11.6 Å². The first-order valence-corrected chi connectivity index (χ1v) is 5.92. The van der Waals surface area contributed by atoms with Crippen LogP contribution < -0.4 is 16.6 Å². The lowest BCUT2D eigenvalue weighted by atomic mass is 10.3. The van der Waals surface area contributed by atoms with Gasteiger partial charge in [0.1, 0.15) is 23.2 Å². The Hall–Kier alpha value is -2.08. The molecule has 96 valence electrons. The van der Waals surface area contributed by atoms with E-state index in [4.69, 9.17) is 10.3 Å². The summed E-state index contributed by atoms with van der Waals surface area (Å²) in [4.78, 5) is 8.69. The molecule has 6 nitrogen and oxygen atoms in total. The Morgan fingerprint density at radius 2 is 2.17 bits per heavy atom. The summed E-state index contributed by atoms with van der Waals surface area (Å²) >= 11 is 0. The number of nitrogens with two attached hydrogens (primary N) is 1. The minimum absolute atomic E-state index is 0.583. The Morgan fingerprint density at radius 3 is 2.83 bits per heavy atom. The smallest absolute Gasteiger partial charge is 0.145 e. The highest BCUT2D eigenvalue weighted by atomic mass is 16.3. The van der Waals surface area contributed by atoms with Gasteiger partial charge in [0.25, 0.3) is 0 Å². The summed E-state index contributed by atoms with van der Waals surface area (Å²) in [6.45, 7) is 2.67. The van der Waals surface area contributed by atoms with Crippen LogP contribution in [0.5, 0.6) is 0 Å². The maximum absolute atomic E-state index is 5.39. The van der Waals surface area contributed by atoms with Crippen LogP contribution in [0.2, 0.25) is 0 Å². The summed E-state index contributed by atoms with van der Waals surface area (Å²) < 4.78 is 5.24. The van der Waals surface area contributed by atoms with Gasteiger partial charge in [0, 0.05) is 12.5 Å². The molecule has 0 aliphatic heterocycles. The lowest BCUT2D eigenvalue weighted by Crippen LogP contribution is -2.12. The van der Waals surface area contributed by atoms with Crippen LogP contribution in [0.3, 0.4) is 0 Å². The van der Waals surface area contributed by atoms with Gasteiger partial charge in [0.2, 0.25) is 0 Å². The van der Waals surface area contributed by atoms with E-state index in [0.29, 0.717) is 12.4 Å². The van der Waals surface area contributed by atoms with E-state index in [2.05, 4.69) is 27.6 Å². The standard InChI is InChI=1S/C12H17N5O/c1-2-4-10-15-11(7-12(16-10)17-13)14-8-9-5-3-6-18-9/h3,5-7H,2,4,8,13H2,1H3,(H2,14,15,16,17). The third kappa shape index (κ3) is 3.21. The van der Waals surface area contributed by atoms with Crippen LogP contribution in [-0.4, -0.2) is 9.97 Å². The molecule has 2 aromatic rings. The van der Waals surface area contributed by atoms with E-state index in [9.17, 15) is 0 Å². The SMILES string of the molecule is CCCc1nc(NN)cc(NCc2ccco2)n1. The normalized spacial score (nSPS) is 10.3. The maximum atomic E-state index is 5.39. The van der Waals surface area contributed by atoms with Gasteiger partial charge in [0.05, 0.1) is 12.8 Å². The third-order valence-corrected chi connectivity index (χ3v) is 2.42. The largest absolute Gasteiger partial charge is 0.467 e. The number of nitrogens with one attached hydrogen (secondary N) is 2. The highest BCUT2D eigenvalue weighted by Crippen LogP contribution is 2.13. The predicted octanol–water partition coefficient (Wildman–Crippen LogP) is 1.92. The summed E-state index contributed by atoms with van der Waals surface area (Å²) in [5.41, 5.74) is 2.54. The van der Waals surface area contributed by atoms with E-state index in [1.807, 2.05) is 12.1 Å². The minimum Gasteiger partial charge on any atom is -0.467 e. The predicted molar refractivity (Wildman–Crippen MR) is 69.9 cm³/mol. The van der Waals surface area contributed by atoms with Gasteiger partial charge < -0.3 is 15.2 Å². The van der Waals surface area contributed by atoms with Gasteiger partial charge in [-0.05, 0) is 18.6 Å². The second-order valence-corrected chi connectivity index (χ2v) is 3.88. The molecule has 2 aromatic heterocycles. The molecular formula is C12H17N5O. The third-order valence-electron chi connectivity index (χ3n) is 2.42. The molecule has 2 rings (SSSR count). The lowest BCUT2D eigenvalue weighted by Gasteiger charge is -2.08. The highest BCUT2D eigenvalue weighted by molar-refractivity contribution is 5.46. The fourth-order valence-electron chi connectivity index (χ4n) is 1.59. The maximum Gasteiger partial charge on any atom is 0.145 e. The van der Waals surface area contributed by atoms with Crippen molar-refractivity contribution in [1.29, 1.82) is 0 Å². The number of nitrogen functional groups attached to an aromatic ring is 1. The Morgan fingerprint density at radius 1 is 1.33 bits per heavy atom. The number of furan rings is 1. The van der Waals surface area contributed by atoms with Gasteiger partial charge in [-0.1, -0.05) is 6.92 Å². The monoisotopic (exact) mass is 247 g/mol. The fourth-order valence-corrected chi connectivity index (χ4v) is 1.59. The Kier molecular flexibility index (Phi) is 4.14. The molecule has 6 heteroatoms. The first-order chi connectivity index (χ1) is 8.81. The van der Waals surface area contributed by atoms with Crippen molar-refractivity contribution in [3.8, 4) is 0 Å². The van der Waals surface area contributed by atoms with Crippen molar-refractivity contribution in [2.45, 2.75) is 26.3 Å². The molecule has 0 aliphatic rings. The van der Waals surface area contributed by atoms with Crippen molar-refractivity contribution < 1.29 is 4.42 Å². The zero-order valence-corrected chi connectivity index (χ0v) is 10.3. The molecule has 0 fully saturated rings. The second-order valence-electron chi connectivity index (χ2n) is 3.88. The van der Waals surface area contributed by atoms with E-state index in [0.717, 1.165) is 30.2 Å². The average Bonchev–Trinajstić information content (AvgIpc) is 2.89. The van der Waals surface area contributed by atoms with Crippen LogP contribution in [-0.2, 0) is 13.0 Å². The number of rotatable bonds is 6. The molecule has 0 saturated carbocycles. The van der Waals surface area contributed by atoms with Gasteiger partial charge in [-0.15, -0.1) is 0 Å². The molecule has 2 heterocycles. The fraction of sp³-hybridized carbons (Fsp3) is 0.333. The second kappa shape index (κ2) is 6.02. The molecule has 4 N–H and O–H groups in total. The van der Waals surface area contributed by atoms with E-state index in [-0.39, 0.29) is 0 Å². The number of hydrazine groups is 1. The Balaban J connectivity index is 2.08. The Bertz CT molecular complexity index is 483. The molecule has 0 aromatic carbocycles. The minimum atomic E-state index is 0.583. The average molecular weight is 247 g/mol. The summed E-state index contributed by atoms with van der Waals surface area (Å²) in [7, 11) is 0. The number of hydrogen-bond acceptors (Lipinski definition) is 6. The van der Waals surface area contributed by atoms with Gasteiger partial charge in [0.15, 0.2) is 0 Å². The molecule has 0 radical (unpaired) electrons. The summed E-state index contributed by atoms with van der Waals surface area (Å²) in [5, 5.41) is 3.18. The van der Waals surface area contributed by atoms with E-state index in [1.165, 1.54) is 0 Å². The molecular weight excluding hydrogens is 230 g/mol. The molecule has 0 unspecified atom stereocenters. The number of aryl methyl sites for hydroxylation is 1. The van der Waals surface area contributed by atoms with Crippen LogP contribution >= 0.6 is 0 Å². The molecule has 0 spiro atoms. The van der Waals surface area contributed by atoms with Gasteiger partial charge in [-0.3, -0.25) is 0 Å². The van der Waals surface area contributed by atoms with Gasteiger partial charge >= 0.3 is 0 Å². The van der Waals surface area contributed by atoms with Crippen LogP contribution in [0.25, 0.3) is 0 Å². The van der Waals surface area contributed by atoms with Crippen LogP contribution in [0, 0.1) is 0 Å². The van der Waals surface area contributed by atoms with Crippen LogP contribution in [0.15, 0.2) is 28.9 Å². The zero-order chi connectivity index (χ0) is 12.8. The molecule has 0 amide bonds. The van der Waals surface area contributed by atoms with Crippen LogP contribution in [0.4, 0.5) is 11.6 Å². The van der Waals surface area contributed by atoms with Crippen molar-refractivity contribution in [3.63, 3.8) is 0 Å². The highest BCUT2D eigenvalue weighted by Gasteiger charge is 2.04. The topological polar surface area (TPSA) is 89.0 Å². The first kappa shape index (κ1) is 12.4. The summed E-state index contributed by atoms with van der Waals surface area (Å²) in [6, 6.07) is 5.53. The van der Waals surface area contributed by atoms with Gasteiger partial charge in [-0.2, -0.15) is 0 Å². The zero-order valence-electron chi connectivity index (χ0n) is 10.3. The summed E-state index contributed by atoms with van der Waals surface area (Å²) in [6.07, 6.45) is 3.46.